The molecule has 3 N–H and O–H groups in total. The normalized spacial score (nSPS) is 15.0. The average molecular weight is 316 g/mol. The number of benzene rings is 1. The van der Waals surface area contributed by atoms with Gasteiger partial charge in [-0.15, -0.1) is 12.4 Å². The summed E-state index contributed by atoms with van der Waals surface area (Å²) in [5.41, 5.74) is 0.555. The molecule has 1 fully saturated rings. The first kappa shape index (κ1) is 17.4. The number of hydrogen-bond acceptors (Lipinski definition) is 3. The molecular weight excluding hydrogens is 297 g/mol. The van der Waals surface area contributed by atoms with Crippen molar-refractivity contribution in [1.29, 1.82) is 0 Å². The van der Waals surface area contributed by atoms with Crippen molar-refractivity contribution >= 4 is 35.6 Å². The van der Waals surface area contributed by atoms with E-state index in [1.807, 2.05) is 0 Å². The summed E-state index contributed by atoms with van der Waals surface area (Å²) in [5, 5.41) is 8.33. The van der Waals surface area contributed by atoms with E-state index in [0.29, 0.717) is 5.69 Å². The fraction of sp³-hybridized carbons (Fsp3) is 0.429. The third kappa shape index (κ3) is 4.99. The second-order valence-corrected chi connectivity index (χ2v) is 4.89. The zero-order valence-corrected chi connectivity index (χ0v) is 12.6. The molecule has 0 unspecified atom stereocenters. The molecule has 0 atom stereocenters. The van der Waals surface area contributed by atoms with Gasteiger partial charge in [0.05, 0.1) is 5.69 Å². The largest absolute Gasteiger partial charge is 0.326 e. The van der Waals surface area contributed by atoms with E-state index >= 15 is 0 Å². The Morgan fingerprint density at radius 2 is 1.90 bits per heavy atom. The predicted molar refractivity (Wildman–Crippen MR) is 82.2 cm³/mol. The molecule has 0 saturated carbocycles. The Morgan fingerprint density at radius 1 is 1.24 bits per heavy atom. The number of nitrogens with one attached hydrogen (secondary N) is 3. The summed E-state index contributed by atoms with van der Waals surface area (Å²) in [7, 11) is 0. The number of rotatable bonds is 3. The molecule has 1 aliphatic heterocycles. The first-order valence-corrected chi connectivity index (χ1v) is 6.65. The number of amides is 2. The Balaban J connectivity index is 0.00000220. The van der Waals surface area contributed by atoms with E-state index in [9.17, 15) is 14.0 Å². The van der Waals surface area contributed by atoms with Crippen LogP contribution in [0.4, 0.5) is 15.8 Å². The highest BCUT2D eigenvalue weighted by atomic mass is 35.5. The van der Waals surface area contributed by atoms with Gasteiger partial charge in [-0.2, -0.15) is 0 Å². The molecule has 0 spiro atoms. The van der Waals surface area contributed by atoms with Gasteiger partial charge in [0, 0.05) is 18.5 Å². The third-order valence-electron chi connectivity index (χ3n) is 3.25. The molecule has 1 aliphatic rings. The summed E-state index contributed by atoms with van der Waals surface area (Å²) in [5.74, 6) is -1.03. The minimum absolute atomic E-state index is 0. The Kier molecular flexibility index (Phi) is 6.58. The minimum Gasteiger partial charge on any atom is -0.326 e. The summed E-state index contributed by atoms with van der Waals surface area (Å²) in [6.07, 6.45) is 1.50. The minimum atomic E-state index is -0.513. The molecule has 21 heavy (non-hydrogen) atoms. The highest BCUT2D eigenvalue weighted by Gasteiger charge is 2.21. The second kappa shape index (κ2) is 7.95. The number of halogens is 2. The summed E-state index contributed by atoms with van der Waals surface area (Å²) < 4.78 is 13.7. The van der Waals surface area contributed by atoms with E-state index in [-0.39, 0.29) is 35.8 Å². The first-order valence-electron chi connectivity index (χ1n) is 6.65. The zero-order valence-electron chi connectivity index (χ0n) is 11.7. The summed E-state index contributed by atoms with van der Waals surface area (Å²) in [4.78, 5) is 23.0. The maximum atomic E-state index is 13.7. The molecule has 2 amide bonds. The lowest BCUT2D eigenvalue weighted by atomic mass is 9.97. The van der Waals surface area contributed by atoms with Crippen LogP contribution in [0.2, 0.25) is 0 Å². The van der Waals surface area contributed by atoms with Gasteiger partial charge in [0.15, 0.2) is 0 Å². The molecule has 0 aliphatic carbocycles. The quantitative estimate of drug-likeness (QED) is 0.800. The van der Waals surface area contributed by atoms with Gasteiger partial charge in [-0.25, -0.2) is 4.39 Å². The van der Waals surface area contributed by atoms with Crippen LogP contribution < -0.4 is 16.0 Å². The second-order valence-electron chi connectivity index (χ2n) is 4.89. The predicted octanol–water partition coefficient (Wildman–Crippen LogP) is 2.14. The van der Waals surface area contributed by atoms with Crippen LogP contribution >= 0.6 is 12.4 Å². The van der Waals surface area contributed by atoms with Gasteiger partial charge in [-0.3, -0.25) is 9.59 Å². The Labute approximate surface area is 129 Å². The molecule has 2 rings (SSSR count). The Morgan fingerprint density at radius 3 is 2.52 bits per heavy atom. The van der Waals surface area contributed by atoms with Gasteiger partial charge in [0.1, 0.15) is 5.82 Å². The van der Waals surface area contributed by atoms with E-state index in [4.69, 9.17) is 0 Å². The van der Waals surface area contributed by atoms with Crippen LogP contribution in [0.1, 0.15) is 19.8 Å². The van der Waals surface area contributed by atoms with Gasteiger partial charge in [-0.05, 0) is 44.1 Å². The van der Waals surface area contributed by atoms with Gasteiger partial charge in [-0.1, -0.05) is 0 Å². The monoisotopic (exact) mass is 315 g/mol. The molecular formula is C14H19ClFN3O2. The van der Waals surface area contributed by atoms with Crippen LogP contribution in [-0.4, -0.2) is 24.9 Å². The molecule has 1 aromatic carbocycles. The molecule has 0 bridgehead atoms. The van der Waals surface area contributed by atoms with Crippen molar-refractivity contribution in [2.75, 3.05) is 23.7 Å². The standard InChI is InChI=1S/C14H18FN3O2.ClH/c1-9(19)17-11-2-3-12(15)13(8-11)18-14(20)10-4-6-16-7-5-10;/h2-3,8,10,16H,4-7H2,1H3,(H,17,19)(H,18,20);1H. The van der Waals surface area contributed by atoms with E-state index in [1.165, 1.54) is 25.1 Å². The van der Waals surface area contributed by atoms with Crippen molar-refractivity contribution in [2.24, 2.45) is 5.92 Å². The maximum absolute atomic E-state index is 13.7. The van der Waals surface area contributed by atoms with Crippen molar-refractivity contribution in [1.82, 2.24) is 5.32 Å². The van der Waals surface area contributed by atoms with Crippen molar-refractivity contribution in [2.45, 2.75) is 19.8 Å². The molecule has 0 aromatic heterocycles. The van der Waals surface area contributed by atoms with Crippen LogP contribution in [0.5, 0.6) is 0 Å². The molecule has 1 saturated heterocycles. The first-order chi connectivity index (χ1) is 9.56. The zero-order chi connectivity index (χ0) is 14.5. The average Bonchev–Trinajstić information content (AvgIpc) is 2.43. The summed E-state index contributed by atoms with van der Waals surface area (Å²) in [6, 6.07) is 4.11. The molecule has 7 heteroatoms. The highest BCUT2D eigenvalue weighted by molar-refractivity contribution is 5.94. The van der Waals surface area contributed by atoms with Crippen LogP contribution in [-0.2, 0) is 9.59 Å². The van der Waals surface area contributed by atoms with E-state index in [2.05, 4.69) is 16.0 Å². The Hall–Kier alpha value is -1.66. The lowest BCUT2D eigenvalue weighted by Gasteiger charge is -2.22. The van der Waals surface area contributed by atoms with Crippen LogP contribution in [0.3, 0.4) is 0 Å². The fourth-order valence-corrected chi connectivity index (χ4v) is 2.22. The smallest absolute Gasteiger partial charge is 0.227 e. The fourth-order valence-electron chi connectivity index (χ4n) is 2.22. The Bertz CT molecular complexity index is 519. The van der Waals surface area contributed by atoms with E-state index < -0.39 is 5.82 Å². The van der Waals surface area contributed by atoms with Crippen molar-refractivity contribution < 1.29 is 14.0 Å². The lowest BCUT2D eigenvalue weighted by Crippen LogP contribution is -2.34. The van der Waals surface area contributed by atoms with Gasteiger partial charge in [0.25, 0.3) is 0 Å². The van der Waals surface area contributed by atoms with Crippen LogP contribution in [0, 0.1) is 11.7 Å². The maximum Gasteiger partial charge on any atom is 0.227 e. The van der Waals surface area contributed by atoms with Gasteiger partial charge < -0.3 is 16.0 Å². The highest BCUT2D eigenvalue weighted by Crippen LogP contribution is 2.22. The lowest BCUT2D eigenvalue weighted by molar-refractivity contribution is -0.120. The van der Waals surface area contributed by atoms with Gasteiger partial charge in [0.2, 0.25) is 11.8 Å². The number of anilines is 2. The van der Waals surface area contributed by atoms with Crippen molar-refractivity contribution in [3.05, 3.63) is 24.0 Å². The topological polar surface area (TPSA) is 70.2 Å². The van der Waals surface area contributed by atoms with E-state index in [0.717, 1.165) is 25.9 Å². The number of hydrogen-bond donors (Lipinski definition) is 3. The van der Waals surface area contributed by atoms with Crippen LogP contribution in [0.25, 0.3) is 0 Å². The summed E-state index contributed by atoms with van der Waals surface area (Å²) >= 11 is 0. The molecule has 1 aromatic rings. The van der Waals surface area contributed by atoms with Gasteiger partial charge >= 0.3 is 0 Å². The SMILES string of the molecule is CC(=O)Nc1ccc(F)c(NC(=O)C2CCNCC2)c1.Cl. The summed E-state index contributed by atoms with van der Waals surface area (Å²) in [6.45, 7) is 2.97. The van der Waals surface area contributed by atoms with Crippen molar-refractivity contribution in [3.8, 4) is 0 Å². The van der Waals surface area contributed by atoms with E-state index in [1.54, 1.807) is 0 Å². The number of carbonyl (C=O) groups is 2. The number of piperidine rings is 1. The molecule has 1 heterocycles. The molecule has 5 nitrogen and oxygen atoms in total. The number of carbonyl (C=O) groups excluding carboxylic acids is 2. The van der Waals surface area contributed by atoms with Crippen LogP contribution in [0.15, 0.2) is 18.2 Å². The molecule has 0 radical (unpaired) electrons. The van der Waals surface area contributed by atoms with Crippen molar-refractivity contribution in [3.63, 3.8) is 0 Å². The molecule has 116 valence electrons. The third-order valence-corrected chi connectivity index (χ3v) is 3.25.